The Morgan fingerprint density at radius 3 is 2.76 bits per heavy atom. The fourth-order valence-corrected chi connectivity index (χ4v) is 1.34. The summed E-state index contributed by atoms with van der Waals surface area (Å²) in [5.41, 5.74) is 1.54. The summed E-state index contributed by atoms with van der Waals surface area (Å²) in [6, 6.07) is 5.35. The van der Waals surface area contributed by atoms with Crippen LogP contribution >= 0.6 is 0 Å². The number of ether oxygens (including phenoxy) is 1. The van der Waals surface area contributed by atoms with Gasteiger partial charge in [0.15, 0.2) is 0 Å². The number of carbonyl (C=O) groups is 1. The maximum absolute atomic E-state index is 10.5. The Labute approximate surface area is 99.5 Å². The summed E-state index contributed by atoms with van der Waals surface area (Å²) in [5, 5.41) is 17.2. The Bertz CT molecular complexity index is 447. The van der Waals surface area contributed by atoms with Crippen LogP contribution in [0.3, 0.4) is 0 Å². The molecule has 4 nitrogen and oxygen atoms in total. The molecule has 0 bridgehead atoms. The lowest BCUT2D eigenvalue weighted by atomic mass is 10.1. The van der Waals surface area contributed by atoms with Gasteiger partial charge in [0.1, 0.15) is 5.75 Å². The monoisotopic (exact) mass is 234 g/mol. The Balaban J connectivity index is 3.06. The second kappa shape index (κ2) is 6.50. The van der Waals surface area contributed by atoms with E-state index < -0.39 is 5.97 Å². The van der Waals surface area contributed by atoms with Gasteiger partial charge in [-0.25, -0.2) is 4.79 Å². The Morgan fingerprint density at radius 1 is 1.41 bits per heavy atom. The smallest absolute Gasteiger partial charge is 0.328 e. The second-order valence-electron chi connectivity index (χ2n) is 3.26. The van der Waals surface area contributed by atoms with E-state index in [0.29, 0.717) is 11.3 Å². The van der Waals surface area contributed by atoms with Crippen molar-refractivity contribution in [2.75, 3.05) is 13.7 Å². The van der Waals surface area contributed by atoms with Gasteiger partial charge in [-0.3, -0.25) is 0 Å². The van der Waals surface area contributed by atoms with Crippen LogP contribution in [0.5, 0.6) is 5.75 Å². The molecule has 90 valence electrons. The van der Waals surface area contributed by atoms with Crippen molar-refractivity contribution in [3.63, 3.8) is 0 Å². The molecular formula is C13H14O4. The van der Waals surface area contributed by atoms with E-state index in [1.807, 2.05) is 6.07 Å². The minimum Gasteiger partial charge on any atom is -0.496 e. The maximum Gasteiger partial charge on any atom is 0.328 e. The molecule has 0 spiro atoms. The number of carboxylic acid groups (broad SMARTS) is 1. The molecule has 0 saturated carbocycles. The molecule has 0 atom stereocenters. The van der Waals surface area contributed by atoms with Crippen LogP contribution in [0.25, 0.3) is 12.2 Å². The lowest BCUT2D eigenvalue weighted by Crippen LogP contribution is -1.90. The van der Waals surface area contributed by atoms with Gasteiger partial charge in [-0.15, -0.1) is 0 Å². The van der Waals surface area contributed by atoms with E-state index in [1.165, 1.54) is 13.2 Å². The molecule has 0 aliphatic rings. The second-order valence-corrected chi connectivity index (χ2v) is 3.26. The van der Waals surface area contributed by atoms with Crippen LogP contribution in [-0.2, 0) is 4.79 Å². The molecule has 1 rings (SSSR count). The number of aliphatic hydroxyl groups is 1. The predicted molar refractivity (Wildman–Crippen MR) is 65.8 cm³/mol. The molecule has 0 unspecified atom stereocenters. The standard InChI is InChI=1S/C13H14O4/c1-17-12-6-4-10(3-2-8-14)9-11(12)5-7-13(15)16/h2-7,9,14H,8H2,1H3,(H,15,16)/b3-2?,7-5+. The molecule has 0 heterocycles. The number of aliphatic carboxylic acids is 1. The van der Waals surface area contributed by atoms with Gasteiger partial charge in [-0.1, -0.05) is 18.2 Å². The summed E-state index contributed by atoms with van der Waals surface area (Å²) in [6.45, 7) is -0.0354. The van der Waals surface area contributed by atoms with Gasteiger partial charge in [0, 0.05) is 11.6 Å². The van der Waals surface area contributed by atoms with Gasteiger partial charge in [0.05, 0.1) is 13.7 Å². The molecular weight excluding hydrogens is 220 g/mol. The van der Waals surface area contributed by atoms with Crippen LogP contribution in [0.15, 0.2) is 30.4 Å². The number of hydrogen-bond acceptors (Lipinski definition) is 3. The van der Waals surface area contributed by atoms with Crippen molar-refractivity contribution in [3.8, 4) is 5.75 Å². The van der Waals surface area contributed by atoms with Crippen molar-refractivity contribution < 1.29 is 19.7 Å². The molecule has 17 heavy (non-hydrogen) atoms. The van der Waals surface area contributed by atoms with E-state index in [1.54, 1.807) is 24.3 Å². The number of carboxylic acids is 1. The highest BCUT2D eigenvalue weighted by molar-refractivity contribution is 5.86. The molecule has 0 aromatic heterocycles. The summed E-state index contributed by atoms with van der Waals surface area (Å²) in [4.78, 5) is 10.5. The molecule has 0 amide bonds. The third kappa shape index (κ3) is 4.12. The highest BCUT2D eigenvalue weighted by Gasteiger charge is 2.00. The van der Waals surface area contributed by atoms with Crippen LogP contribution in [0.2, 0.25) is 0 Å². The molecule has 0 fully saturated rings. The van der Waals surface area contributed by atoms with E-state index in [-0.39, 0.29) is 6.61 Å². The molecule has 1 aromatic carbocycles. The first kappa shape index (κ1) is 13.0. The summed E-state index contributed by atoms with van der Waals surface area (Å²) >= 11 is 0. The molecule has 4 heteroatoms. The molecule has 0 radical (unpaired) electrons. The lowest BCUT2D eigenvalue weighted by Gasteiger charge is -2.05. The first-order valence-electron chi connectivity index (χ1n) is 5.04. The van der Waals surface area contributed by atoms with Gasteiger partial charge in [-0.2, -0.15) is 0 Å². The Kier molecular flexibility index (Phi) is 4.97. The van der Waals surface area contributed by atoms with Crippen molar-refractivity contribution >= 4 is 18.1 Å². The first-order valence-corrected chi connectivity index (χ1v) is 5.04. The van der Waals surface area contributed by atoms with E-state index in [0.717, 1.165) is 11.6 Å². The first-order chi connectivity index (χ1) is 8.17. The van der Waals surface area contributed by atoms with Crippen molar-refractivity contribution in [3.05, 3.63) is 41.5 Å². The lowest BCUT2D eigenvalue weighted by molar-refractivity contribution is -0.131. The maximum atomic E-state index is 10.5. The quantitative estimate of drug-likeness (QED) is 0.762. The topological polar surface area (TPSA) is 66.8 Å². The zero-order valence-electron chi connectivity index (χ0n) is 9.46. The summed E-state index contributed by atoms with van der Waals surface area (Å²) in [5.74, 6) is -0.410. The third-order valence-electron chi connectivity index (χ3n) is 2.07. The van der Waals surface area contributed by atoms with Crippen LogP contribution < -0.4 is 4.74 Å². The van der Waals surface area contributed by atoms with Gasteiger partial charge in [0.25, 0.3) is 0 Å². The summed E-state index contributed by atoms with van der Waals surface area (Å²) in [6.07, 6.45) is 5.87. The van der Waals surface area contributed by atoms with Crippen LogP contribution in [0, 0.1) is 0 Å². The fourth-order valence-electron chi connectivity index (χ4n) is 1.34. The molecule has 1 aromatic rings. The highest BCUT2D eigenvalue weighted by atomic mass is 16.5. The van der Waals surface area contributed by atoms with Crippen LogP contribution in [0.4, 0.5) is 0 Å². The molecule has 0 aliphatic heterocycles. The Hall–Kier alpha value is -2.07. The van der Waals surface area contributed by atoms with Gasteiger partial charge < -0.3 is 14.9 Å². The largest absolute Gasteiger partial charge is 0.496 e. The average Bonchev–Trinajstić information content (AvgIpc) is 2.33. The van der Waals surface area contributed by atoms with E-state index in [9.17, 15) is 4.79 Å². The minimum absolute atomic E-state index is 0.0354. The van der Waals surface area contributed by atoms with Crippen molar-refractivity contribution in [1.82, 2.24) is 0 Å². The van der Waals surface area contributed by atoms with E-state index >= 15 is 0 Å². The fraction of sp³-hybridized carbons (Fsp3) is 0.154. The molecule has 0 saturated heterocycles. The zero-order valence-corrected chi connectivity index (χ0v) is 9.46. The third-order valence-corrected chi connectivity index (χ3v) is 2.07. The number of hydrogen-bond donors (Lipinski definition) is 2. The van der Waals surface area contributed by atoms with E-state index in [2.05, 4.69) is 0 Å². The van der Waals surface area contributed by atoms with Gasteiger partial charge in [0.2, 0.25) is 0 Å². The normalized spacial score (nSPS) is 11.2. The minimum atomic E-state index is -1.01. The van der Waals surface area contributed by atoms with E-state index in [4.69, 9.17) is 14.9 Å². The molecule has 2 N–H and O–H groups in total. The van der Waals surface area contributed by atoms with Crippen molar-refractivity contribution in [2.24, 2.45) is 0 Å². The SMILES string of the molecule is COc1ccc(C=CCO)cc1/C=C/C(=O)O. The van der Waals surface area contributed by atoms with Crippen LogP contribution in [-0.4, -0.2) is 29.9 Å². The van der Waals surface area contributed by atoms with Gasteiger partial charge >= 0.3 is 5.97 Å². The number of methoxy groups -OCH3 is 1. The van der Waals surface area contributed by atoms with Crippen molar-refractivity contribution in [2.45, 2.75) is 0 Å². The Morgan fingerprint density at radius 2 is 2.18 bits per heavy atom. The molecule has 0 aliphatic carbocycles. The summed E-state index contributed by atoms with van der Waals surface area (Å²) < 4.78 is 5.12. The summed E-state index contributed by atoms with van der Waals surface area (Å²) in [7, 11) is 1.52. The number of benzene rings is 1. The zero-order chi connectivity index (χ0) is 12.7. The highest BCUT2D eigenvalue weighted by Crippen LogP contribution is 2.22. The average molecular weight is 234 g/mol. The predicted octanol–water partition coefficient (Wildman–Crippen LogP) is 1.80. The van der Waals surface area contributed by atoms with Gasteiger partial charge in [-0.05, 0) is 23.8 Å². The number of aliphatic hydroxyl groups excluding tert-OH is 1. The number of rotatable bonds is 5. The van der Waals surface area contributed by atoms with Crippen molar-refractivity contribution in [1.29, 1.82) is 0 Å². The van der Waals surface area contributed by atoms with Crippen LogP contribution in [0.1, 0.15) is 11.1 Å².